The molecule has 1 aliphatic rings. The van der Waals surface area contributed by atoms with E-state index in [2.05, 4.69) is 46.3 Å². The number of amides is 1. The standard InChI is InChI=1S/C26H29N3O2/c1-20(28-15-17-29(18-16-28)24-11-13-25(31-2)14-12-24)22-9-6-10-23(19-22)27-26(30)21-7-4-3-5-8-21/h3-14,19-20H,15-18H2,1-2H3,(H,27,30)/t20-/m0/s1. The zero-order valence-corrected chi connectivity index (χ0v) is 18.1. The predicted molar refractivity (Wildman–Crippen MR) is 126 cm³/mol. The molecule has 0 unspecified atom stereocenters. The second kappa shape index (κ2) is 9.67. The van der Waals surface area contributed by atoms with E-state index in [0.29, 0.717) is 5.56 Å². The number of methoxy groups -OCH3 is 1. The summed E-state index contributed by atoms with van der Waals surface area (Å²) >= 11 is 0. The fourth-order valence-corrected chi connectivity index (χ4v) is 4.04. The minimum absolute atomic E-state index is 0.0847. The third kappa shape index (κ3) is 5.06. The molecule has 0 saturated carbocycles. The lowest BCUT2D eigenvalue weighted by Gasteiger charge is -2.39. The lowest BCUT2D eigenvalue weighted by Crippen LogP contribution is -2.47. The molecule has 0 radical (unpaired) electrons. The monoisotopic (exact) mass is 415 g/mol. The van der Waals surface area contributed by atoms with Crippen LogP contribution < -0.4 is 15.0 Å². The Morgan fingerprint density at radius 1 is 0.903 bits per heavy atom. The number of ether oxygens (including phenoxy) is 1. The average Bonchev–Trinajstić information content (AvgIpc) is 2.84. The van der Waals surface area contributed by atoms with Crippen LogP contribution in [0.3, 0.4) is 0 Å². The van der Waals surface area contributed by atoms with E-state index >= 15 is 0 Å². The molecule has 1 aliphatic heterocycles. The van der Waals surface area contributed by atoms with Crippen LogP contribution in [-0.2, 0) is 0 Å². The number of piperazine rings is 1. The van der Waals surface area contributed by atoms with E-state index in [-0.39, 0.29) is 11.9 Å². The third-order valence-corrected chi connectivity index (χ3v) is 5.96. The van der Waals surface area contributed by atoms with Gasteiger partial charge < -0.3 is 15.0 Å². The minimum atomic E-state index is -0.0847. The van der Waals surface area contributed by atoms with Gasteiger partial charge in [-0.15, -0.1) is 0 Å². The molecule has 0 aliphatic carbocycles. The van der Waals surface area contributed by atoms with Gasteiger partial charge in [-0.25, -0.2) is 0 Å². The maximum atomic E-state index is 12.5. The minimum Gasteiger partial charge on any atom is -0.497 e. The second-order valence-corrected chi connectivity index (χ2v) is 7.84. The topological polar surface area (TPSA) is 44.8 Å². The number of benzene rings is 3. The molecule has 3 aromatic carbocycles. The third-order valence-electron chi connectivity index (χ3n) is 5.96. The first kappa shape index (κ1) is 20.9. The molecule has 3 aromatic rings. The van der Waals surface area contributed by atoms with Gasteiger partial charge in [-0.3, -0.25) is 9.69 Å². The smallest absolute Gasteiger partial charge is 0.255 e. The highest BCUT2D eigenvalue weighted by molar-refractivity contribution is 6.04. The predicted octanol–water partition coefficient (Wildman–Crippen LogP) is 4.83. The molecule has 0 spiro atoms. The van der Waals surface area contributed by atoms with Crippen LogP contribution in [0.25, 0.3) is 0 Å². The number of nitrogens with one attached hydrogen (secondary N) is 1. The van der Waals surface area contributed by atoms with E-state index in [1.165, 1.54) is 11.3 Å². The van der Waals surface area contributed by atoms with Crippen LogP contribution in [0.15, 0.2) is 78.9 Å². The zero-order valence-electron chi connectivity index (χ0n) is 18.1. The first-order valence-electron chi connectivity index (χ1n) is 10.7. The first-order valence-corrected chi connectivity index (χ1v) is 10.7. The molecule has 5 nitrogen and oxygen atoms in total. The number of carbonyl (C=O) groups is 1. The summed E-state index contributed by atoms with van der Waals surface area (Å²) in [7, 11) is 1.69. The van der Waals surface area contributed by atoms with E-state index in [1.807, 2.05) is 54.6 Å². The number of rotatable bonds is 6. The highest BCUT2D eigenvalue weighted by Gasteiger charge is 2.22. The summed E-state index contributed by atoms with van der Waals surface area (Å²) in [5.74, 6) is 0.800. The van der Waals surface area contributed by atoms with Crippen LogP contribution in [0.4, 0.5) is 11.4 Å². The Bertz CT molecular complexity index is 997. The Balaban J connectivity index is 1.37. The maximum absolute atomic E-state index is 12.5. The molecule has 31 heavy (non-hydrogen) atoms. The molecule has 0 bridgehead atoms. The fraction of sp³-hybridized carbons (Fsp3) is 0.269. The van der Waals surface area contributed by atoms with Crippen LogP contribution in [0.1, 0.15) is 28.9 Å². The molecule has 1 fully saturated rings. The van der Waals surface area contributed by atoms with Crippen molar-refractivity contribution in [1.29, 1.82) is 0 Å². The Labute approximate surface area is 184 Å². The summed E-state index contributed by atoms with van der Waals surface area (Å²) in [6.45, 7) is 6.20. The number of hydrogen-bond donors (Lipinski definition) is 1. The van der Waals surface area contributed by atoms with Crippen LogP contribution >= 0.6 is 0 Å². The SMILES string of the molecule is COc1ccc(N2CCN([C@@H](C)c3cccc(NC(=O)c4ccccc4)c3)CC2)cc1. The molecule has 160 valence electrons. The van der Waals surface area contributed by atoms with E-state index in [1.54, 1.807) is 7.11 Å². The molecule has 1 saturated heterocycles. The highest BCUT2D eigenvalue weighted by atomic mass is 16.5. The Kier molecular flexibility index (Phi) is 6.53. The van der Waals surface area contributed by atoms with Crippen LogP contribution in [0, 0.1) is 0 Å². The number of carbonyl (C=O) groups excluding carboxylic acids is 1. The molecule has 1 heterocycles. The molecule has 5 heteroatoms. The molecule has 1 amide bonds. The summed E-state index contributed by atoms with van der Waals surface area (Å²) in [6, 6.07) is 26.0. The Morgan fingerprint density at radius 3 is 2.29 bits per heavy atom. The Hall–Kier alpha value is -3.31. The van der Waals surface area contributed by atoms with Crippen LogP contribution in [-0.4, -0.2) is 44.1 Å². The van der Waals surface area contributed by atoms with Crippen molar-refractivity contribution in [2.75, 3.05) is 43.5 Å². The van der Waals surface area contributed by atoms with Gasteiger partial charge in [0.1, 0.15) is 5.75 Å². The van der Waals surface area contributed by atoms with Gasteiger partial charge in [0.25, 0.3) is 5.91 Å². The largest absolute Gasteiger partial charge is 0.497 e. The van der Waals surface area contributed by atoms with Gasteiger partial charge in [-0.05, 0) is 61.0 Å². The second-order valence-electron chi connectivity index (χ2n) is 7.84. The van der Waals surface area contributed by atoms with Crippen molar-refractivity contribution in [3.05, 3.63) is 90.0 Å². The van der Waals surface area contributed by atoms with Gasteiger partial charge in [0.05, 0.1) is 7.11 Å². The van der Waals surface area contributed by atoms with Crippen LogP contribution in [0.2, 0.25) is 0 Å². The van der Waals surface area contributed by atoms with Crippen molar-refractivity contribution in [3.8, 4) is 5.75 Å². The quantitative estimate of drug-likeness (QED) is 0.626. The summed E-state index contributed by atoms with van der Waals surface area (Å²) in [5.41, 5.74) is 3.94. The van der Waals surface area contributed by atoms with Crippen LogP contribution in [0.5, 0.6) is 5.75 Å². The molecule has 1 N–H and O–H groups in total. The van der Waals surface area contributed by atoms with E-state index in [9.17, 15) is 4.79 Å². The van der Waals surface area contributed by atoms with Crippen molar-refractivity contribution in [2.24, 2.45) is 0 Å². The van der Waals surface area contributed by atoms with Gasteiger partial charge in [0.15, 0.2) is 0 Å². The van der Waals surface area contributed by atoms with E-state index < -0.39 is 0 Å². The summed E-state index contributed by atoms with van der Waals surface area (Å²) in [6.07, 6.45) is 0. The van der Waals surface area contributed by atoms with Gasteiger partial charge in [0, 0.05) is 49.2 Å². The fourth-order valence-electron chi connectivity index (χ4n) is 4.04. The summed E-state index contributed by atoms with van der Waals surface area (Å²) in [4.78, 5) is 17.4. The number of hydrogen-bond acceptors (Lipinski definition) is 4. The normalized spacial score (nSPS) is 15.4. The Morgan fingerprint density at radius 2 is 1.61 bits per heavy atom. The average molecular weight is 416 g/mol. The van der Waals surface area contributed by atoms with Gasteiger partial charge in [-0.2, -0.15) is 0 Å². The van der Waals surface area contributed by atoms with Crippen molar-refractivity contribution < 1.29 is 9.53 Å². The van der Waals surface area contributed by atoms with Crippen molar-refractivity contribution in [1.82, 2.24) is 4.90 Å². The van der Waals surface area contributed by atoms with Crippen molar-refractivity contribution >= 4 is 17.3 Å². The van der Waals surface area contributed by atoms with Crippen molar-refractivity contribution in [2.45, 2.75) is 13.0 Å². The molecule has 0 aromatic heterocycles. The maximum Gasteiger partial charge on any atom is 0.255 e. The molecular weight excluding hydrogens is 386 g/mol. The first-order chi connectivity index (χ1) is 15.1. The number of anilines is 2. The molecule has 4 rings (SSSR count). The van der Waals surface area contributed by atoms with E-state index in [4.69, 9.17) is 4.74 Å². The lowest BCUT2D eigenvalue weighted by atomic mass is 10.0. The zero-order chi connectivity index (χ0) is 21.6. The number of nitrogens with zero attached hydrogens (tertiary/aromatic N) is 2. The van der Waals surface area contributed by atoms with Gasteiger partial charge in [0.2, 0.25) is 0 Å². The summed E-state index contributed by atoms with van der Waals surface area (Å²) in [5, 5.41) is 3.02. The molecule has 1 atom stereocenters. The van der Waals surface area contributed by atoms with E-state index in [0.717, 1.165) is 37.6 Å². The lowest BCUT2D eigenvalue weighted by molar-refractivity contribution is 0.102. The van der Waals surface area contributed by atoms with Gasteiger partial charge in [-0.1, -0.05) is 30.3 Å². The molecular formula is C26H29N3O2. The van der Waals surface area contributed by atoms with Crippen molar-refractivity contribution in [3.63, 3.8) is 0 Å². The highest BCUT2D eigenvalue weighted by Crippen LogP contribution is 2.26. The summed E-state index contributed by atoms with van der Waals surface area (Å²) < 4.78 is 5.26. The van der Waals surface area contributed by atoms with Gasteiger partial charge >= 0.3 is 0 Å².